The lowest BCUT2D eigenvalue weighted by molar-refractivity contribution is -0.258. The summed E-state index contributed by atoms with van der Waals surface area (Å²) < 4.78 is 10.4. The van der Waals surface area contributed by atoms with Gasteiger partial charge in [0, 0.05) is 13.3 Å². The number of hydrogen-bond donors (Lipinski definition) is 4. The number of aliphatic hydroxyl groups is 3. The summed E-state index contributed by atoms with van der Waals surface area (Å²) >= 11 is 0. The van der Waals surface area contributed by atoms with Crippen LogP contribution in [0.15, 0.2) is 0 Å². The van der Waals surface area contributed by atoms with E-state index in [0.717, 1.165) is 19.3 Å². The van der Waals surface area contributed by atoms with Crippen LogP contribution < -0.4 is 5.32 Å². The minimum absolute atomic E-state index is 0.199. The molecule has 1 heterocycles. The molecule has 0 aromatic rings. The fourth-order valence-electron chi connectivity index (χ4n) is 3.05. The van der Waals surface area contributed by atoms with Crippen LogP contribution >= 0.6 is 0 Å². The predicted octanol–water partition coefficient (Wildman–Crippen LogP) is 0.614. The van der Waals surface area contributed by atoms with E-state index in [0.29, 0.717) is 6.42 Å². The molecular formula is C18H33NO7. The van der Waals surface area contributed by atoms with Crippen molar-refractivity contribution in [2.24, 2.45) is 0 Å². The second kappa shape index (κ2) is 12.2. The van der Waals surface area contributed by atoms with Crippen LogP contribution in [0.25, 0.3) is 0 Å². The van der Waals surface area contributed by atoms with E-state index in [9.17, 15) is 24.9 Å². The lowest BCUT2D eigenvalue weighted by atomic mass is 9.96. The smallest absolute Gasteiger partial charge is 0.306 e. The third kappa shape index (κ3) is 7.57. The molecule has 8 heteroatoms. The fraction of sp³-hybridized carbons (Fsp3) is 0.889. The van der Waals surface area contributed by atoms with E-state index in [1.165, 1.54) is 26.2 Å². The number of ether oxygens (including phenoxy) is 2. The van der Waals surface area contributed by atoms with Gasteiger partial charge in [0.2, 0.25) is 5.91 Å². The first-order valence-corrected chi connectivity index (χ1v) is 9.49. The zero-order chi connectivity index (χ0) is 19.5. The quantitative estimate of drug-likeness (QED) is 0.308. The Morgan fingerprint density at radius 2 is 1.69 bits per heavy atom. The molecule has 1 rings (SSSR count). The molecule has 0 radical (unpaired) electrons. The normalized spacial score (nSPS) is 28.6. The molecule has 0 saturated carbocycles. The molecule has 26 heavy (non-hydrogen) atoms. The van der Waals surface area contributed by atoms with Gasteiger partial charge in [0.1, 0.15) is 18.2 Å². The zero-order valence-corrected chi connectivity index (χ0v) is 15.7. The van der Waals surface area contributed by atoms with Gasteiger partial charge in [-0.1, -0.05) is 45.4 Å². The monoisotopic (exact) mass is 375 g/mol. The van der Waals surface area contributed by atoms with Gasteiger partial charge in [-0.05, 0) is 6.42 Å². The van der Waals surface area contributed by atoms with Crippen LogP contribution in [0.3, 0.4) is 0 Å². The Kier molecular flexibility index (Phi) is 10.7. The maximum atomic E-state index is 12.1. The Hall–Kier alpha value is -1.22. The second-order valence-corrected chi connectivity index (χ2v) is 6.79. The summed E-state index contributed by atoms with van der Waals surface area (Å²) in [7, 11) is 0. The van der Waals surface area contributed by atoms with Gasteiger partial charge in [-0.2, -0.15) is 0 Å². The first kappa shape index (κ1) is 22.8. The van der Waals surface area contributed by atoms with Crippen LogP contribution in [-0.2, 0) is 19.1 Å². The lowest BCUT2D eigenvalue weighted by Crippen LogP contribution is -2.65. The van der Waals surface area contributed by atoms with Crippen molar-refractivity contribution in [3.63, 3.8) is 0 Å². The van der Waals surface area contributed by atoms with Crippen molar-refractivity contribution >= 4 is 11.9 Å². The number of carbonyl (C=O) groups is 2. The molecule has 152 valence electrons. The van der Waals surface area contributed by atoms with Crippen molar-refractivity contribution in [1.82, 2.24) is 5.32 Å². The minimum Gasteiger partial charge on any atom is -0.457 e. The number of amides is 1. The Bertz CT molecular complexity index is 432. The van der Waals surface area contributed by atoms with Crippen molar-refractivity contribution < 1.29 is 34.4 Å². The molecule has 4 N–H and O–H groups in total. The molecule has 0 aromatic carbocycles. The van der Waals surface area contributed by atoms with Gasteiger partial charge in [0.15, 0.2) is 12.4 Å². The molecule has 1 saturated heterocycles. The van der Waals surface area contributed by atoms with Crippen molar-refractivity contribution in [3.05, 3.63) is 0 Å². The van der Waals surface area contributed by atoms with Gasteiger partial charge in [-0.3, -0.25) is 9.59 Å². The molecule has 1 aliphatic heterocycles. The standard InChI is InChI=1S/C18H33NO7/c1-3-4-5-6-7-8-9-10-14(22)26-17-15(19-12(2)21)18(24)25-13(11-20)16(17)23/h13,15-18,20,23-24H,3-11H2,1-2H3,(H,19,21)/t13-,15-,16+,17-,18+/m0/s1. The number of rotatable bonds is 11. The molecular weight excluding hydrogens is 342 g/mol. The van der Waals surface area contributed by atoms with Gasteiger partial charge in [0.05, 0.1) is 6.61 Å². The molecule has 0 bridgehead atoms. The number of hydrogen-bond acceptors (Lipinski definition) is 7. The predicted molar refractivity (Wildman–Crippen MR) is 94.1 cm³/mol. The number of nitrogens with one attached hydrogen (secondary N) is 1. The number of carbonyl (C=O) groups excluding carboxylic acids is 2. The molecule has 0 unspecified atom stereocenters. The lowest BCUT2D eigenvalue weighted by Gasteiger charge is -2.41. The molecule has 5 atom stereocenters. The van der Waals surface area contributed by atoms with Crippen LogP contribution in [0.5, 0.6) is 0 Å². The molecule has 0 spiro atoms. The van der Waals surface area contributed by atoms with Crippen LogP contribution in [0.2, 0.25) is 0 Å². The highest BCUT2D eigenvalue weighted by Gasteiger charge is 2.47. The van der Waals surface area contributed by atoms with Crippen LogP contribution in [0, 0.1) is 0 Å². The summed E-state index contributed by atoms with van der Waals surface area (Å²) in [5.74, 6) is -0.968. The minimum atomic E-state index is -1.49. The third-order valence-corrected chi connectivity index (χ3v) is 4.49. The van der Waals surface area contributed by atoms with E-state index in [1.807, 2.05) is 0 Å². The number of unbranched alkanes of at least 4 members (excludes halogenated alkanes) is 6. The summed E-state index contributed by atoms with van der Waals surface area (Å²) in [5.41, 5.74) is 0. The average Bonchev–Trinajstić information content (AvgIpc) is 2.59. The Balaban J connectivity index is 2.49. The first-order chi connectivity index (χ1) is 12.4. The number of aliphatic hydroxyl groups excluding tert-OH is 3. The van der Waals surface area contributed by atoms with E-state index in [4.69, 9.17) is 9.47 Å². The Morgan fingerprint density at radius 3 is 2.27 bits per heavy atom. The highest BCUT2D eigenvalue weighted by Crippen LogP contribution is 2.23. The molecule has 8 nitrogen and oxygen atoms in total. The average molecular weight is 375 g/mol. The largest absolute Gasteiger partial charge is 0.457 e. The van der Waals surface area contributed by atoms with Crippen molar-refractivity contribution in [1.29, 1.82) is 0 Å². The molecule has 1 aliphatic rings. The van der Waals surface area contributed by atoms with E-state index >= 15 is 0 Å². The fourth-order valence-corrected chi connectivity index (χ4v) is 3.05. The topological polar surface area (TPSA) is 125 Å². The summed E-state index contributed by atoms with van der Waals surface area (Å²) in [6, 6.07) is -1.09. The molecule has 0 aromatic heterocycles. The Morgan fingerprint density at radius 1 is 1.08 bits per heavy atom. The van der Waals surface area contributed by atoms with Gasteiger partial charge in [-0.15, -0.1) is 0 Å². The summed E-state index contributed by atoms with van der Waals surface area (Å²) in [4.78, 5) is 23.4. The van der Waals surface area contributed by atoms with E-state index < -0.39 is 49.1 Å². The van der Waals surface area contributed by atoms with E-state index in [2.05, 4.69) is 12.2 Å². The summed E-state index contributed by atoms with van der Waals surface area (Å²) in [6.07, 6.45) is 2.52. The highest BCUT2D eigenvalue weighted by molar-refractivity contribution is 5.73. The highest BCUT2D eigenvalue weighted by atomic mass is 16.6. The van der Waals surface area contributed by atoms with Gasteiger partial charge in [0.25, 0.3) is 0 Å². The maximum Gasteiger partial charge on any atom is 0.306 e. The summed E-state index contributed by atoms with van der Waals surface area (Å²) in [5, 5.41) is 31.9. The van der Waals surface area contributed by atoms with Crippen LogP contribution in [0.4, 0.5) is 0 Å². The second-order valence-electron chi connectivity index (χ2n) is 6.79. The SMILES string of the molecule is CCCCCCCCCC(=O)O[C@@H]1[C@H](O)[C@H](CO)O[C@@H](O)[C@H]1NC(C)=O. The van der Waals surface area contributed by atoms with Gasteiger partial charge in [-0.25, -0.2) is 0 Å². The van der Waals surface area contributed by atoms with E-state index in [1.54, 1.807) is 0 Å². The first-order valence-electron chi connectivity index (χ1n) is 9.49. The van der Waals surface area contributed by atoms with Gasteiger partial charge < -0.3 is 30.1 Å². The summed E-state index contributed by atoms with van der Waals surface area (Å²) in [6.45, 7) is 2.86. The van der Waals surface area contributed by atoms with Crippen LogP contribution in [0.1, 0.15) is 65.2 Å². The van der Waals surface area contributed by atoms with Crippen molar-refractivity contribution in [2.45, 2.75) is 95.9 Å². The van der Waals surface area contributed by atoms with Crippen molar-refractivity contribution in [3.8, 4) is 0 Å². The van der Waals surface area contributed by atoms with Gasteiger partial charge >= 0.3 is 5.97 Å². The van der Waals surface area contributed by atoms with E-state index in [-0.39, 0.29) is 6.42 Å². The maximum absolute atomic E-state index is 12.1. The van der Waals surface area contributed by atoms with Crippen LogP contribution in [-0.4, -0.2) is 64.4 Å². The molecule has 1 fully saturated rings. The molecule has 1 amide bonds. The molecule has 0 aliphatic carbocycles. The van der Waals surface area contributed by atoms with Crippen molar-refractivity contribution in [2.75, 3.05) is 6.61 Å². The third-order valence-electron chi connectivity index (χ3n) is 4.49. The zero-order valence-electron chi connectivity index (χ0n) is 15.7. The Labute approximate surface area is 154 Å². The number of esters is 1.